The maximum Gasteiger partial charge on any atom is 0.373 e. The molecule has 0 fully saturated rings. The fraction of sp³-hybridized carbons (Fsp3) is 0.169. The highest BCUT2D eigenvalue weighted by Crippen LogP contribution is 2.46. The molecule has 0 aliphatic carbocycles. The molecule has 8 heterocycles. The smallest absolute Gasteiger partial charge is 0.373 e. The molecule has 101 heavy (non-hydrogen) atoms. The van der Waals surface area contributed by atoms with Crippen LogP contribution in [0.25, 0.3) is 73.1 Å². The van der Waals surface area contributed by atoms with E-state index < -0.39 is 0 Å². The van der Waals surface area contributed by atoms with Gasteiger partial charge in [0.05, 0.1) is 54.8 Å². The lowest BCUT2D eigenvalue weighted by atomic mass is 10.1. The Balaban J connectivity index is 0.000000134. The Bertz CT molecular complexity index is 5640. The van der Waals surface area contributed by atoms with Gasteiger partial charge in [0.25, 0.3) is 5.88 Å². The van der Waals surface area contributed by atoms with Crippen LogP contribution in [0.15, 0.2) is 197 Å². The molecule has 0 aliphatic heterocycles. The zero-order valence-electron chi connectivity index (χ0n) is 55.4. The molecule has 15 rings (SSSR count). The zero-order chi connectivity index (χ0) is 71.3. The van der Waals surface area contributed by atoms with Crippen LogP contribution in [0.4, 0.5) is 55.0 Å². The predicted molar refractivity (Wildman–Crippen MR) is 407 cm³/mol. The third kappa shape index (κ3) is 16.4. The standard InChI is InChI=1S/C20H18N4O2S2.C18H15N3OS2.C16H16N4O3S.C16H11N3OS2.CO2/c1-4-26-20(25)17-11-13-16(24(2)3)10-9-15(18(13)27-17)21-22-19-12-7-5-6-8-14(12)23-28-19;1-3-11-9-15(22)13-8-10(2)23-17(13)16(11)19-20-18-12-6-4-5-7-14(12)21-24-18;1-4-22-16(21)13-9-10-12(20(2)3)6-5-11(15(10)24-13)18-19-14-7-8-17-23-14;1-9-8-11-14(20)7-6-13(15(11)21-9)17-18-16-10-4-2-3-5-12(10)19-22-16;2-1-3/h5-11H,4H2,1-3H3;4-9,22H,3H2,1-2H3;5-9H,4H2,1-3H3;2-8,20H,1H3;. The van der Waals surface area contributed by atoms with E-state index in [-0.39, 0.29) is 23.8 Å². The number of ether oxygens (including phenoxy) is 2. The molecule has 30 heteroatoms. The first-order valence-electron chi connectivity index (χ1n) is 30.9. The number of aromatic nitrogens is 4. The molecule has 2 N–H and O–H groups in total. The summed E-state index contributed by atoms with van der Waals surface area (Å²) in [5, 5.41) is 67.6. The quantitative estimate of drug-likeness (QED) is 0.0712. The Hall–Kier alpha value is -10.8. The second kappa shape index (κ2) is 32.9. The summed E-state index contributed by atoms with van der Waals surface area (Å²) in [7, 11) is 7.85. The Labute approximate surface area is 604 Å². The minimum Gasteiger partial charge on any atom is -0.507 e. The van der Waals surface area contributed by atoms with E-state index in [0.717, 1.165) is 138 Å². The van der Waals surface area contributed by atoms with Crippen molar-refractivity contribution >= 4 is 226 Å². The van der Waals surface area contributed by atoms with Gasteiger partial charge in [0.2, 0.25) is 0 Å². The van der Waals surface area contributed by atoms with Crippen LogP contribution in [0, 0.1) is 13.8 Å². The highest BCUT2D eigenvalue weighted by molar-refractivity contribution is 7.22. The van der Waals surface area contributed by atoms with Gasteiger partial charge in [-0.25, -0.2) is 9.59 Å². The highest BCUT2D eigenvalue weighted by atomic mass is 32.1. The summed E-state index contributed by atoms with van der Waals surface area (Å²) in [4.78, 5) is 47.9. The summed E-state index contributed by atoms with van der Waals surface area (Å²) in [6, 6.07) is 45.9. The normalized spacial score (nSPS) is 11.4. The number of anilines is 2. The lowest BCUT2D eigenvalue weighted by Gasteiger charge is -2.14. The van der Waals surface area contributed by atoms with E-state index in [1.165, 1.54) is 63.5 Å². The maximum atomic E-state index is 12.2. The molecule has 8 aromatic heterocycles. The number of phenols is 2. The van der Waals surface area contributed by atoms with Crippen LogP contribution < -0.4 is 9.80 Å². The average molecular weight is 1480 g/mol. The molecule has 0 spiro atoms. The number of esters is 2. The third-order valence-electron chi connectivity index (χ3n) is 14.8. The van der Waals surface area contributed by atoms with E-state index in [4.69, 9.17) is 23.6 Å². The molecule has 510 valence electrons. The van der Waals surface area contributed by atoms with E-state index in [1.807, 2.05) is 173 Å². The van der Waals surface area contributed by atoms with Crippen LogP contribution in [-0.4, -0.2) is 88.0 Å². The van der Waals surface area contributed by atoms with Crippen LogP contribution in [-0.2, 0) is 25.5 Å². The number of hydrogen-bond acceptors (Lipinski definition) is 30. The molecule has 0 amide bonds. The van der Waals surface area contributed by atoms with Crippen LogP contribution in [0.1, 0.15) is 55.4 Å². The molecule has 0 saturated heterocycles. The summed E-state index contributed by atoms with van der Waals surface area (Å²) < 4.78 is 32.1. The number of fused-ring (bicyclic) bond motifs is 7. The van der Waals surface area contributed by atoms with Crippen molar-refractivity contribution in [3.63, 3.8) is 0 Å². The van der Waals surface area contributed by atoms with Crippen molar-refractivity contribution in [2.45, 2.75) is 41.0 Å². The molecule has 0 unspecified atom stereocenters. The Morgan fingerprint density at radius 3 is 1.33 bits per heavy atom. The number of carbonyl (C=O) groups is 2. The fourth-order valence-electron chi connectivity index (χ4n) is 10.2. The van der Waals surface area contributed by atoms with Crippen LogP contribution >= 0.6 is 79.9 Å². The van der Waals surface area contributed by atoms with Crippen LogP contribution in [0.3, 0.4) is 0 Å². The summed E-state index contributed by atoms with van der Waals surface area (Å²) in [6.07, 6.45) is 2.54. The molecule has 0 radical (unpaired) electrons. The van der Waals surface area contributed by atoms with E-state index in [0.29, 0.717) is 40.3 Å². The summed E-state index contributed by atoms with van der Waals surface area (Å²) in [5.41, 5.74) is 8.80. The number of azo groups is 4. The summed E-state index contributed by atoms with van der Waals surface area (Å²) >= 11 is 9.98. The number of benzene rings is 7. The second-order valence-corrected chi connectivity index (χ2v) is 28.8. The van der Waals surface area contributed by atoms with Crippen LogP contribution in [0.5, 0.6) is 11.5 Å². The zero-order valence-corrected chi connectivity index (χ0v) is 61.1. The van der Waals surface area contributed by atoms with Crippen molar-refractivity contribution in [3.05, 3.63) is 177 Å². The van der Waals surface area contributed by atoms with Crippen molar-refractivity contribution in [3.8, 4) is 11.5 Å². The average Bonchev–Trinajstić information content (AvgIpc) is 1.65. The van der Waals surface area contributed by atoms with Crippen molar-refractivity contribution in [1.29, 1.82) is 0 Å². The fourth-order valence-corrected chi connectivity index (χ4v) is 16.4. The number of hydrogen-bond donors (Lipinski definition) is 2. The lowest BCUT2D eigenvalue weighted by Crippen LogP contribution is -2.08. The highest BCUT2D eigenvalue weighted by Gasteiger charge is 2.21. The van der Waals surface area contributed by atoms with Crippen molar-refractivity contribution in [1.82, 2.24) is 18.3 Å². The molecule has 0 aliphatic rings. The van der Waals surface area contributed by atoms with E-state index in [1.54, 1.807) is 60.8 Å². The summed E-state index contributed by atoms with van der Waals surface area (Å²) in [6.45, 7) is 10.4. The van der Waals surface area contributed by atoms with E-state index >= 15 is 0 Å². The molecule has 0 saturated carbocycles. The molecular weight excluding hydrogens is 1420 g/mol. The number of thiophene rings is 4. The molecular formula is C71H60N14O9S7. The van der Waals surface area contributed by atoms with Gasteiger partial charge in [-0.15, -0.1) is 86.3 Å². The Morgan fingerprint density at radius 1 is 0.475 bits per heavy atom. The molecule has 23 nitrogen and oxygen atoms in total. The van der Waals surface area contributed by atoms with Gasteiger partial charge in [0.15, 0.2) is 15.0 Å². The Morgan fingerprint density at radius 2 is 0.891 bits per heavy atom. The first-order valence-corrected chi connectivity index (χ1v) is 36.5. The van der Waals surface area contributed by atoms with Gasteiger partial charge in [0, 0.05) is 93.1 Å². The first-order chi connectivity index (χ1) is 49.0. The van der Waals surface area contributed by atoms with Gasteiger partial charge in [-0.3, -0.25) is 0 Å². The number of phenolic OH excluding ortho intramolecular Hbond substituents is 2. The second-order valence-electron chi connectivity index (χ2n) is 22.0. The van der Waals surface area contributed by atoms with Crippen LogP contribution in [0.2, 0.25) is 0 Å². The van der Waals surface area contributed by atoms with Gasteiger partial charge in [-0.05, 0) is 177 Å². The van der Waals surface area contributed by atoms with Gasteiger partial charge < -0.3 is 34.0 Å². The number of carbonyl (C=O) groups excluding carboxylic acids is 4. The van der Waals surface area contributed by atoms with Crippen molar-refractivity contribution in [2.75, 3.05) is 51.2 Å². The largest absolute Gasteiger partial charge is 0.507 e. The van der Waals surface area contributed by atoms with Gasteiger partial charge in [-0.1, -0.05) is 48.5 Å². The maximum absolute atomic E-state index is 12.2. The molecule has 7 aromatic carbocycles. The third-order valence-corrected chi connectivity index (χ3v) is 21.5. The number of nitrogens with zero attached hydrogens (tertiary/aromatic N) is 14. The minimum absolute atomic E-state index is 0.250. The van der Waals surface area contributed by atoms with Gasteiger partial charge in [0.1, 0.15) is 44.0 Å². The van der Waals surface area contributed by atoms with Gasteiger partial charge in [-0.2, -0.15) is 22.7 Å². The number of rotatable bonds is 15. The minimum atomic E-state index is -0.332. The predicted octanol–water partition coefficient (Wildman–Crippen LogP) is 22.6. The first kappa shape index (κ1) is 71.5. The number of aryl methyl sites for hydroxylation is 3. The lowest BCUT2D eigenvalue weighted by molar-refractivity contribution is -0.191. The topological polar surface area (TPSA) is 297 Å². The number of aromatic hydroxyl groups is 2. The van der Waals surface area contributed by atoms with Crippen molar-refractivity contribution in [2.24, 2.45) is 40.9 Å². The molecule has 0 atom stereocenters. The SMILES string of the molecule is CCOC(=O)c1cc2c(N(C)C)ccc(N=Nc3ccno3)c2s1.CCOC(=O)c1cc2c(N(C)C)ccc(N=Nc3snc4ccccc34)c2s1.CCc1cc(O)c2cc(C)sc2c1N=Nc1snc2ccccc12.Cc1cc2c(O)ccc(N=Nc3snc4ccccc34)c2s1.O=C=O. The van der Waals surface area contributed by atoms with Gasteiger partial charge >= 0.3 is 18.1 Å². The Kier molecular flexibility index (Phi) is 23.3. The van der Waals surface area contributed by atoms with E-state index in [9.17, 15) is 19.8 Å². The van der Waals surface area contributed by atoms with Crippen molar-refractivity contribution < 1.29 is 43.4 Å². The summed E-state index contributed by atoms with van der Waals surface area (Å²) in [5.74, 6) is 0.267. The molecule has 0 bridgehead atoms. The molecule has 15 aromatic rings. The van der Waals surface area contributed by atoms with E-state index in [2.05, 4.69) is 66.1 Å². The monoisotopic (exact) mass is 1480 g/mol.